The summed E-state index contributed by atoms with van der Waals surface area (Å²) >= 11 is 2.35. The molecule has 3 N–H and O–H groups in total. The van der Waals surface area contributed by atoms with Crippen molar-refractivity contribution >= 4 is 75.8 Å². The van der Waals surface area contributed by atoms with Gasteiger partial charge in [0, 0.05) is 59.2 Å². The van der Waals surface area contributed by atoms with E-state index in [9.17, 15) is 47.1 Å². The van der Waals surface area contributed by atoms with Gasteiger partial charge in [0.15, 0.2) is 11.6 Å². The molecule has 0 spiro atoms. The molecule has 10 atom stereocenters. The van der Waals surface area contributed by atoms with Crippen LogP contribution in [0.3, 0.4) is 0 Å². The third kappa shape index (κ3) is 18.5. The third-order valence-corrected chi connectivity index (χ3v) is 21.9. The Morgan fingerprint density at radius 1 is 0.584 bits per heavy atom. The molecule has 101 heavy (non-hydrogen) atoms. The molecule has 0 radical (unpaired) electrons. The van der Waals surface area contributed by atoms with Gasteiger partial charge in [0.1, 0.15) is 29.9 Å². The Balaban J connectivity index is 0.000000192. The van der Waals surface area contributed by atoms with Crippen molar-refractivity contribution in [3.05, 3.63) is 158 Å². The summed E-state index contributed by atoms with van der Waals surface area (Å²) in [4.78, 5) is 115. The minimum atomic E-state index is -0.955. The topological polar surface area (TPSA) is 224 Å². The van der Waals surface area contributed by atoms with Crippen LogP contribution in [0, 0.1) is 37.9 Å². The van der Waals surface area contributed by atoms with E-state index in [1.54, 1.807) is 43.0 Å². The average Bonchev–Trinajstić information content (AvgIpc) is 1.58. The van der Waals surface area contributed by atoms with Crippen LogP contribution in [0.1, 0.15) is 192 Å². The van der Waals surface area contributed by atoms with Gasteiger partial charge in [-0.1, -0.05) is 140 Å². The molecular weight excluding hydrogens is 1400 g/mol. The number of halogens is 3. The quantitative estimate of drug-likeness (QED) is 0.0725. The van der Waals surface area contributed by atoms with Crippen LogP contribution in [0.25, 0.3) is 0 Å². The van der Waals surface area contributed by atoms with Crippen LogP contribution in [0.4, 0.5) is 24.1 Å². The first-order valence-corrected chi connectivity index (χ1v) is 37.4. The first kappa shape index (κ1) is 76.1. The number of rotatable bonds is 8. The number of carbonyl (C=O) groups excluding carboxylic acids is 8. The Morgan fingerprint density at radius 3 is 1.50 bits per heavy atom. The number of benzene rings is 4. The second-order valence-corrected chi connectivity index (χ2v) is 31.9. The van der Waals surface area contributed by atoms with Crippen molar-refractivity contribution in [2.75, 3.05) is 31.6 Å². The molecule has 0 aromatic heterocycles. The molecule has 4 fully saturated rings. The van der Waals surface area contributed by atoms with Crippen LogP contribution in [-0.2, 0) is 84.7 Å². The molecule has 544 valence electrons. The molecule has 8 aliphatic rings. The van der Waals surface area contributed by atoms with Gasteiger partial charge >= 0.3 is 24.1 Å². The lowest BCUT2D eigenvalue weighted by Gasteiger charge is -2.30. The summed E-state index contributed by atoms with van der Waals surface area (Å²) in [7, 11) is 0. The molecule has 4 aromatic rings. The van der Waals surface area contributed by atoms with E-state index < -0.39 is 65.4 Å². The summed E-state index contributed by atoms with van der Waals surface area (Å²) < 4.78 is 52.5. The molecule has 0 bridgehead atoms. The maximum atomic E-state index is 14.6. The molecule has 2 aliphatic carbocycles. The Kier molecular flexibility index (Phi) is 24.8. The monoisotopic (exact) mass is 1500 g/mol. The molecule has 0 unspecified atom stereocenters. The number of hydrogen-bond acceptors (Lipinski definition) is 14. The van der Waals surface area contributed by atoms with Crippen LogP contribution in [0.15, 0.2) is 109 Å². The Labute approximate surface area is 607 Å². The predicted molar refractivity (Wildman–Crippen MR) is 388 cm³/mol. The zero-order valence-corrected chi connectivity index (χ0v) is 62.0. The lowest BCUT2D eigenvalue weighted by molar-refractivity contribution is -0.153. The summed E-state index contributed by atoms with van der Waals surface area (Å²) in [5, 5.41) is 3.50. The summed E-state index contributed by atoms with van der Waals surface area (Å²) in [6.45, 7) is 17.8. The highest BCUT2D eigenvalue weighted by atomic mass is 127. The molecule has 2 saturated heterocycles. The number of Topliss-reactive ketones (excluding diaryl/α,β-unsaturated/α-hetero) is 2. The van der Waals surface area contributed by atoms with E-state index in [0.717, 1.165) is 73.7 Å². The fraction of sp³-hybridized carbons (Fsp3) is 0.550. The maximum Gasteiger partial charge on any atom is 0.410 e. The summed E-state index contributed by atoms with van der Waals surface area (Å²) in [6, 6.07) is 23.1. The highest BCUT2D eigenvalue weighted by molar-refractivity contribution is 14.1. The van der Waals surface area contributed by atoms with E-state index in [2.05, 4.69) is 124 Å². The van der Waals surface area contributed by atoms with Crippen molar-refractivity contribution < 1.29 is 66.1 Å². The molecule has 18 nitrogen and oxygen atoms in total. The number of allylic oxidation sites excluding steroid dienone is 4. The van der Waals surface area contributed by atoms with Crippen LogP contribution in [0.2, 0.25) is 0 Å². The minimum Gasteiger partial charge on any atom is -0.466 e. The molecule has 6 heterocycles. The van der Waals surface area contributed by atoms with E-state index >= 15 is 0 Å². The minimum absolute atomic E-state index is 0.0412. The van der Waals surface area contributed by atoms with E-state index in [4.69, 9.17) is 24.7 Å². The van der Waals surface area contributed by atoms with Crippen molar-refractivity contribution in [1.29, 1.82) is 0 Å². The second kappa shape index (κ2) is 32.8. The Morgan fingerprint density at radius 2 is 1.04 bits per heavy atom. The van der Waals surface area contributed by atoms with Crippen molar-refractivity contribution in [2.45, 2.75) is 232 Å². The second-order valence-electron chi connectivity index (χ2n) is 30.7. The normalized spacial score (nSPS) is 27.4. The highest BCUT2D eigenvalue weighted by Gasteiger charge is 2.63. The van der Waals surface area contributed by atoms with E-state index in [1.165, 1.54) is 36.0 Å². The number of nitrogens with one attached hydrogen (secondary N) is 1. The van der Waals surface area contributed by atoms with Crippen molar-refractivity contribution in [3.8, 4) is 0 Å². The SMILES string of the molecule is CC(C)(C)c1cccc(I)c1.CCOC(=O)[C@]12CC(=O)[C@@H]3C[C@@H](OC(=O)N4Cc5cccc(F)c5C4)CN3C(=O)[C@@H](N)CCCCC/C=C\[C@@H]1C2.CCOC(=O)[C@]12CC(=O)[C@@H]3C[C@@H](OC(=O)N4Cc5cccc(F)c5C4)CN3C(=O)[C@@H](Nc3cccc(C(C)(C)C)c3)CCCCC/C=C\[C@@H]1C2. The van der Waals surface area contributed by atoms with Gasteiger partial charge < -0.3 is 39.8 Å². The number of nitrogens with zero attached hydrogens (tertiary/aromatic N) is 4. The first-order chi connectivity index (χ1) is 48.1. The number of anilines is 1. The maximum absolute atomic E-state index is 14.6. The van der Waals surface area contributed by atoms with Gasteiger partial charge in [-0.2, -0.15) is 0 Å². The van der Waals surface area contributed by atoms with E-state index in [0.29, 0.717) is 36.8 Å². The third-order valence-electron chi connectivity index (χ3n) is 21.2. The molecule has 4 aromatic carbocycles. The Bertz CT molecular complexity index is 3770. The number of esters is 2. The van der Waals surface area contributed by atoms with Crippen LogP contribution in [-0.4, -0.2) is 130 Å². The number of ketones is 2. The smallest absolute Gasteiger partial charge is 0.410 e. The van der Waals surface area contributed by atoms with Gasteiger partial charge in [0.05, 0.1) is 68.3 Å². The van der Waals surface area contributed by atoms with Crippen LogP contribution >= 0.6 is 22.6 Å². The summed E-state index contributed by atoms with van der Waals surface area (Å²) in [6.07, 6.45) is 14.9. The summed E-state index contributed by atoms with van der Waals surface area (Å²) in [5.74, 6) is -2.76. The van der Waals surface area contributed by atoms with Gasteiger partial charge in [0.25, 0.3) is 0 Å². The zero-order chi connectivity index (χ0) is 72.6. The van der Waals surface area contributed by atoms with Gasteiger partial charge in [-0.3, -0.25) is 38.6 Å². The number of fused-ring (bicyclic) bond motifs is 6. The van der Waals surface area contributed by atoms with Gasteiger partial charge in [-0.05, 0) is 169 Å². The van der Waals surface area contributed by atoms with Crippen LogP contribution < -0.4 is 11.1 Å². The largest absolute Gasteiger partial charge is 0.466 e. The van der Waals surface area contributed by atoms with Gasteiger partial charge in [-0.25, -0.2) is 18.4 Å². The fourth-order valence-electron chi connectivity index (χ4n) is 15.1. The first-order valence-electron chi connectivity index (χ1n) is 36.3. The number of amides is 4. The average molecular weight is 1500 g/mol. The molecular formula is C80H101F2IN6O12. The predicted octanol–water partition coefficient (Wildman–Crippen LogP) is 14.3. The zero-order valence-electron chi connectivity index (χ0n) is 59.9. The molecule has 12 rings (SSSR count). The molecule has 6 aliphatic heterocycles. The summed E-state index contributed by atoms with van der Waals surface area (Å²) in [5.41, 5.74) is 10.3. The van der Waals surface area contributed by atoms with Gasteiger partial charge in [0.2, 0.25) is 11.8 Å². The van der Waals surface area contributed by atoms with E-state index in [1.807, 2.05) is 18.2 Å². The molecule has 2 saturated carbocycles. The van der Waals surface area contributed by atoms with Gasteiger partial charge in [-0.15, -0.1) is 0 Å². The number of nitrogens with two attached hydrogens (primary N) is 1. The van der Waals surface area contributed by atoms with Crippen LogP contribution in [0.5, 0.6) is 0 Å². The fourth-order valence-corrected chi connectivity index (χ4v) is 15.6. The highest BCUT2D eigenvalue weighted by Crippen LogP contribution is 2.59. The Hall–Kier alpha value is -7.53. The lowest BCUT2D eigenvalue weighted by Crippen LogP contribution is -2.49. The number of carbonyl (C=O) groups is 8. The standard InChI is InChI=1S/C40H50FN3O6.C30H38FN3O6.C10H13I/c1-5-49-37(47)40-21-28(40)14-9-7-6-8-10-18-33(42-29-16-12-15-27(19-29)39(2,3)4)36(46)44-24-30(20-34(44)35(45)22-40)50-38(48)43-23-26-13-11-17-32(41)31(26)25-43;1-2-39-28(37)30-14-20(30)10-6-4-3-5-7-12-24(32)27(36)34-17-21(13-25(34)26(35)15-30)40-29(38)33-16-19-9-8-11-23(31)22(19)18-33;1-10(2,3)8-5-4-6-9(11)7-8/h9,11-17,19,28,30,33-34,42H,5-8,10,18,20-25H2,1-4H3;6,8-11,20-21,24-25H,2-5,7,12-18,32H2,1H3;4-7H,1-3H3/b14-9-;10-6-;/t28-,30-,33+,34+,40-;20-,21-,24+,25+,30-;/m11./s1. The van der Waals surface area contributed by atoms with Crippen molar-refractivity contribution in [3.63, 3.8) is 0 Å². The molecule has 21 heteroatoms. The van der Waals surface area contributed by atoms with Crippen molar-refractivity contribution in [1.82, 2.24) is 19.6 Å². The molecule has 4 amide bonds. The number of ether oxygens (including phenoxy) is 4. The number of hydrogen-bond donors (Lipinski definition) is 2. The lowest BCUT2D eigenvalue weighted by atomic mass is 9.87. The van der Waals surface area contributed by atoms with Crippen molar-refractivity contribution in [2.24, 2.45) is 28.4 Å². The van der Waals surface area contributed by atoms with E-state index in [-0.39, 0.29) is 142 Å².